The number of thiophene rings is 1. The van der Waals surface area contributed by atoms with E-state index >= 15 is 0 Å². The van der Waals surface area contributed by atoms with E-state index in [-0.39, 0.29) is 0 Å². The average Bonchev–Trinajstić information content (AvgIpc) is 3.11. The largest absolute Gasteiger partial charge is 0.300 e. The minimum atomic E-state index is 0.615. The monoisotopic (exact) mass is 327 g/mol. The zero-order valence-corrected chi connectivity index (χ0v) is 14.6. The summed E-state index contributed by atoms with van der Waals surface area (Å²) in [6, 6.07) is 11.2. The lowest BCUT2D eigenvalue weighted by molar-refractivity contribution is 0.112. The first-order valence-electron chi connectivity index (χ1n) is 8.64. The highest BCUT2D eigenvalue weighted by atomic mass is 32.1. The normalized spacial score (nSPS) is 17.2. The molecule has 0 aliphatic heterocycles. The molecule has 0 saturated carbocycles. The molecule has 0 fully saturated rings. The van der Waals surface area contributed by atoms with Gasteiger partial charge in [0.15, 0.2) is 0 Å². The summed E-state index contributed by atoms with van der Waals surface area (Å²) in [5.41, 5.74) is 3.55. The van der Waals surface area contributed by atoms with Gasteiger partial charge < -0.3 is 0 Å². The highest BCUT2D eigenvalue weighted by molar-refractivity contribution is 7.09. The van der Waals surface area contributed by atoms with Crippen LogP contribution in [0.4, 0.5) is 0 Å². The summed E-state index contributed by atoms with van der Waals surface area (Å²) < 4.78 is 0. The van der Waals surface area contributed by atoms with E-state index in [0.717, 1.165) is 37.7 Å². The van der Waals surface area contributed by atoms with E-state index in [1.54, 1.807) is 0 Å². The van der Waals surface area contributed by atoms with Crippen molar-refractivity contribution in [3.05, 3.63) is 57.3 Å². The van der Waals surface area contributed by atoms with Crippen molar-refractivity contribution in [2.75, 3.05) is 13.1 Å². The third kappa shape index (κ3) is 3.91. The second-order valence-electron chi connectivity index (χ2n) is 6.36. The van der Waals surface area contributed by atoms with E-state index in [4.69, 9.17) is 0 Å². The Morgan fingerprint density at radius 3 is 2.91 bits per heavy atom. The van der Waals surface area contributed by atoms with Gasteiger partial charge in [0.2, 0.25) is 0 Å². The van der Waals surface area contributed by atoms with Crippen LogP contribution in [0.3, 0.4) is 0 Å². The number of hydrogen-bond acceptors (Lipinski definition) is 3. The number of rotatable bonds is 7. The molecule has 0 amide bonds. The van der Waals surface area contributed by atoms with Gasteiger partial charge in [-0.15, -0.1) is 11.3 Å². The molecule has 0 unspecified atom stereocenters. The molecule has 2 aromatic rings. The fourth-order valence-electron chi connectivity index (χ4n) is 3.71. The Bertz CT molecular complexity index is 635. The topological polar surface area (TPSA) is 20.3 Å². The fraction of sp³-hybridized carbons (Fsp3) is 0.450. The molecule has 1 aliphatic carbocycles. The number of hydrogen-bond donors (Lipinski definition) is 0. The van der Waals surface area contributed by atoms with Gasteiger partial charge in [-0.3, -0.25) is 9.69 Å². The minimum absolute atomic E-state index is 0.615. The highest BCUT2D eigenvalue weighted by Gasteiger charge is 2.25. The van der Waals surface area contributed by atoms with Crippen molar-refractivity contribution in [2.45, 2.75) is 45.1 Å². The molecule has 1 aromatic heterocycles. The zero-order valence-electron chi connectivity index (χ0n) is 13.8. The summed E-state index contributed by atoms with van der Waals surface area (Å²) in [6.07, 6.45) is 6.65. The van der Waals surface area contributed by atoms with E-state index in [0.29, 0.717) is 6.04 Å². The van der Waals surface area contributed by atoms with Gasteiger partial charge >= 0.3 is 0 Å². The molecular formula is C20H25NOS. The number of benzene rings is 1. The van der Waals surface area contributed by atoms with Gasteiger partial charge in [0, 0.05) is 23.0 Å². The zero-order chi connectivity index (χ0) is 16.1. The first-order valence-corrected chi connectivity index (χ1v) is 9.52. The maximum atomic E-state index is 11.2. The number of fused-ring (bicyclic) bond motifs is 1. The Labute approximate surface area is 143 Å². The summed E-state index contributed by atoms with van der Waals surface area (Å²) in [5, 5.41) is 2.16. The SMILES string of the molecule is CCCN(CCc1cccs1)[C@H]1CCc2c(C=O)cccc2C1. The summed E-state index contributed by atoms with van der Waals surface area (Å²) in [4.78, 5) is 15.4. The molecule has 122 valence electrons. The number of nitrogens with zero attached hydrogens (tertiary/aromatic N) is 1. The summed E-state index contributed by atoms with van der Waals surface area (Å²) >= 11 is 1.86. The van der Waals surface area contributed by atoms with E-state index in [1.807, 2.05) is 23.5 Å². The van der Waals surface area contributed by atoms with E-state index in [2.05, 4.69) is 35.4 Å². The van der Waals surface area contributed by atoms with Crippen molar-refractivity contribution in [3.63, 3.8) is 0 Å². The predicted octanol–water partition coefficient (Wildman–Crippen LogP) is 4.37. The van der Waals surface area contributed by atoms with E-state index < -0.39 is 0 Å². The molecule has 23 heavy (non-hydrogen) atoms. The van der Waals surface area contributed by atoms with Crippen LogP contribution in [-0.2, 0) is 19.3 Å². The molecule has 3 heteroatoms. The second kappa shape index (κ2) is 7.89. The molecule has 0 saturated heterocycles. The fourth-order valence-corrected chi connectivity index (χ4v) is 4.41. The van der Waals surface area contributed by atoms with Crippen molar-refractivity contribution in [3.8, 4) is 0 Å². The Balaban J connectivity index is 1.69. The van der Waals surface area contributed by atoms with Crippen LogP contribution in [0.15, 0.2) is 35.7 Å². The second-order valence-corrected chi connectivity index (χ2v) is 7.40. The smallest absolute Gasteiger partial charge is 0.150 e. The molecular weight excluding hydrogens is 302 g/mol. The lowest BCUT2D eigenvalue weighted by atomic mass is 9.85. The Morgan fingerprint density at radius 1 is 1.26 bits per heavy atom. The average molecular weight is 327 g/mol. The van der Waals surface area contributed by atoms with E-state index in [9.17, 15) is 4.79 Å². The van der Waals surface area contributed by atoms with Crippen LogP contribution in [0.25, 0.3) is 0 Å². The van der Waals surface area contributed by atoms with Gasteiger partial charge in [0.25, 0.3) is 0 Å². The van der Waals surface area contributed by atoms with Crippen LogP contribution in [0.2, 0.25) is 0 Å². The predicted molar refractivity (Wildman–Crippen MR) is 97.5 cm³/mol. The van der Waals surface area contributed by atoms with Gasteiger partial charge in [0.1, 0.15) is 6.29 Å². The maximum Gasteiger partial charge on any atom is 0.150 e. The highest BCUT2D eigenvalue weighted by Crippen LogP contribution is 2.27. The van der Waals surface area contributed by atoms with Crippen LogP contribution in [0, 0.1) is 0 Å². The van der Waals surface area contributed by atoms with Gasteiger partial charge in [-0.05, 0) is 61.2 Å². The lowest BCUT2D eigenvalue weighted by Crippen LogP contribution is -2.41. The molecule has 3 rings (SSSR count). The number of aldehydes is 1. The first kappa shape index (κ1) is 16.4. The van der Waals surface area contributed by atoms with Crippen LogP contribution in [0.1, 0.15) is 46.1 Å². The third-order valence-corrected chi connectivity index (χ3v) is 5.81. The van der Waals surface area contributed by atoms with Crippen molar-refractivity contribution in [2.24, 2.45) is 0 Å². The van der Waals surface area contributed by atoms with Crippen LogP contribution < -0.4 is 0 Å². The van der Waals surface area contributed by atoms with Crippen molar-refractivity contribution < 1.29 is 4.79 Å². The molecule has 1 atom stereocenters. The Hall–Kier alpha value is -1.45. The third-order valence-electron chi connectivity index (χ3n) is 4.87. The number of carbonyl (C=O) groups excluding carboxylic acids is 1. The van der Waals surface area contributed by atoms with Crippen molar-refractivity contribution in [1.82, 2.24) is 4.90 Å². The lowest BCUT2D eigenvalue weighted by Gasteiger charge is -2.35. The molecule has 2 nitrogen and oxygen atoms in total. The van der Waals surface area contributed by atoms with Crippen LogP contribution in [-0.4, -0.2) is 30.3 Å². The standard InChI is InChI=1S/C20H25NOS/c1-2-11-21(12-10-19-7-4-13-23-19)18-8-9-20-16(14-18)5-3-6-17(20)15-22/h3-7,13,15,18H,2,8-12,14H2,1H3/t18-/m0/s1. The molecule has 0 bridgehead atoms. The van der Waals surface area contributed by atoms with Crippen LogP contribution >= 0.6 is 11.3 Å². The molecule has 0 spiro atoms. The molecule has 1 aliphatic rings. The summed E-state index contributed by atoms with van der Waals surface area (Å²) in [6.45, 7) is 4.57. The van der Waals surface area contributed by atoms with Gasteiger partial charge in [-0.2, -0.15) is 0 Å². The quantitative estimate of drug-likeness (QED) is 0.704. The molecule has 0 radical (unpaired) electrons. The van der Waals surface area contributed by atoms with Crippen molar-refractivity contribution in [1.29, 1.82) is 0 Å². The van der Waals surface area contributed by atoms with Gasteiger partial charge in [-0.25, -0.2) is 0 Å². The summed E-state index contributed by atoms with van der Waals surface area (Å²) in [5.74, 6) is 0. The maximum absolute atomic E-state index is 11.2. The summed E-state index contributed by atoms with van der Waals surface area (Å²) in [7, 11) is 0. The Morgan fingerprint density at radius 2 is 2.17 bits per heavy atom. The van der Waals surface area contributed by atoms with Crippen LogP contribution in [0.5, 0.6) is 0 Å². The van der Waals surface area contributed by atoms with E-state index in [1.165, 1.54) is 35.4 Å². The Kier molecular flexibility index (Phi) is 5.63. The molecule has 1 heterocycles. The first-order chi connectivity index (χ1) is 11.3. The number of carbonyl (C=O) groups is 1. The van der Waals surface area contributed by atoms with Crippen molar-refractivity contribution >= 4 is 17.6 Å². The molecule has 1 aromatic carbocycles. The van der Waals surface area contributed by atoms with Gasteiger partial charge in [0.05, 0.1) is 0 Å². The minimum Gasteiger partial charge on any atom is -0.300 e. The molecule has 0 N–H and O–H groups in total. The van der Waals surface area contributed by atoms with Gasteiger partial charge in [-0.1, -0.05) is 31.2 Å².